The molecular weight excluding hydrogens is 436 g/mol. The van der Waals surface area contributed by atoms with Crippen molar-refractivity contribution in [2.75, 3.05) is 18.8 Å². The molecule has 33 heavy (non-hydrogen) atoms. The molecule has 8 heteroatoms. The van der Waals surface area contributed by atoms with Crippen molar-refractivity contribution in [2.24, 2.45) is 5.73 Å². The number of carbonyl (C=O) groups excluding carboxylic acids is 2. The molecule has 1 aliphatic heterocycles. The van der Waals surface area contributed by atoms with Crippen molar-refractivity contribution in [1.82, 2.24) is 9.88 Å². The van der Waals surface area contributed by atoms with Crippen molar-refractivity contribution in [2.45, 2.75) is 51.6 Å². The summed E-state index contributed by atoms with van der Waals surface area (Å²) in [6.07, 6.45) is 2.10. The molecule has 4 rings (SSSR count). The number of hydrogen-bond acceptors (Lipinski definition) is 6. The highest BCUT2D eigenvalue weighted by atomic mass is 32.1. The van der Waals surface area contributed by atoms with E-state index >= 15 is 0 Å². The predicted octanol–water partition coefficient (Wildman–Crippen LogP) is 4.49. The van der Waals surface area contributed by atoms with E-state index in [2.05, 4.69) is 18.2 Å². The monoisotopic (exact) mass is 466 g/mol. The van der Waals surface area contributed by atoms with Crippen LogP contribution in [0.4, 0.5) is 10.5 Å². The number of aryl methyl sites for hydroxylation is 2. The molecule has 4 N–H and O–H groups in total. The molecule has 0 spiro atoms. The number of fused-ring (bicyclic) bond motifs is 1. The van der Waals surface area contributed by atoms with Crippen molar-refractivity contribution < 1.29 is 14.3 Å². The maximum Gasteiger partial charge on any atom is 0.410 e. The second-order valence-corrected chi connectivity index (χ2v) is 10.5. The van der Waals surface area contributed by atoms with Gasteiger partial charge in [-0.05, 0) is 57.2 Å². The lowest BCUT2D eigenvalue weighted by molar-refractivity contribution is 0.0292. The highest BCUT2D eigenvalue weighted by Gasteiger charge is 2.33. The Balaban J connectivity index is 1.66. The number of primary amides is 1. The van der Waals surface area contributed by atoms with Gasteiger partial charge in [-0.1, -0.05) is 30.3 Å². The van der Waals surface area contributed by atoms with Crippen molar-refractivity contribution in [3.8, 4) is 0 Å². The van der Waals surface area contributed by atoms with Gasteiger partial charge in [-0.3, -0.25) is 4.79 Å². The fraction of sp³-hybridized carbons (Fsp3) is 0.400. The van der Waals surface area contributed by atoms with Crippen LogP contribution in [0.5, 0.6) is 0 Å². The number of nitrogens with zero attached hydrogens (tertiary/aromatic N) is 2. The zero-order valence-corrected chi connectivity index (χ0v) is 20.1. The zero-order chi connectivity index (χ0) is 23.8. The number of aromatic nitrogens is 1. The Morgan fingerprint density at radius 2 is 1.94 bits per heavy atom. The molecule has 1 saturated heterocycles. The Morgan fingerprint density at radius 3 is 2.61 bits per heavy atom. The number of benzene rings is 1. The molecule has 0 radical (unpaired) electrons. The van der Waals surface area contributed by atoms with Crippen molar-refractivity contribution >= 4 is 39.2 Å². The Hall–Kier alpha value is -3.13. The van der Waals surface area contributed by atoms with Crippen LogP contribution >= 0.6 is 11.3 Å². The van der Waals surface area contributed by atoms with E-state index in [1.807, 2.05) is 39.0 Å². The maximum absolute atomic E-state index is 12.6. The molecule has 0 saturated carbocycles. The fourth-order valence-corrected chi connectivity index (χ4v) is 5.26. The molecule has 3 aromatic rings. The topological polar surface area (TPSA) is 112 Å². The van der Waals surface area contributed by atoms with Crippen LogP contribution in [0.3, 0.4) is 0 Å². The normalized spacial score (nSPS) is 16.3. The first-order chi connectivity index (χ1) is 15.6. The van der Waals surface area contributed by atoms with Crippen LogP contribution in [-0.4, -0.2) is 40.6 Å². The second-order valence-electron chi connectivity index (χ2n) is 9.49. The summed E-state index contributed by atoms with van der Waals surface area (Å²) in [6.45, 7) is 6.73. The first-order valence-electron chi connectivity index (χ1n) is 11.2. The van der Waals surface area contributed by atoms with E-state index in [0.29, 0.717) is 23.7 Å². The minimum absolute atomic E-state index is 0.0797. The molecule has 0 bridgehead atoms. The molecule has 2 aromatic heterocycles. The van der Waals surface area contributed by atoms with Gasteiger partial charge in [0.2, 0.25) is 0 Å². The van der Waals surface area contributed by atoms with Gasteiger partial charge < -0.3 is 21.1 Å². The largest absolute Gasteiger partial charge is 0.444 e. The van der Waals surface area contributed by atoms with E-state index in [4.69, 9.17) is 21.2 Å². The van der Waals surface area contributed by atoms with E-state index in [1.165, 1.54) is 16.9 Å². The van der Waals surface area contributed by atoms with E-state index in [9.17, 15) is 9.59 Å². The lowest BCUT2D eigenvalue weighted by Crippen LogP contribution is -2.35. The highest BCUT2D eigenvalue weighted by molar-refractivity contribution is 7.21. The summed E-state index contributed by atoms with van der Waals surface area (Å²) < 4.78 is 5.55. The van der Waals surface area contributed by atoms with Crippen LogP contribution in [0, 0.1) is 0 Å². The van der Waals surface area contributed by atoms with Crippen LogP contribution in [0.15, 0.2) is 36.4 Å². The van der Waals surface area contributed by atoms with Gasteiger partial charge in [0.05, 0.1) is 5.69 Å². The summed E-state index contributed by atoms with van der Waals surface area (Å²) >= 11 is 1.24. The van der Waals surface area contributed by atoms with Crippen LogP contribution in [0.1, 0.15) is 59.6 Å². The van der Waals surface area contributed by atoms with Gasteiger partial charge in [-0.2, -0.15) is 0 Å². The first kappa shape index (κ1) is 23.0. The van der Waals surface area contributed by atoms with Crippen LogP contribution in [0.25, 0.3) is 10.2 Å². The number of nitrogen functional groups attached to an aromatic ring is 1. The summed E-state index contributed by atoms with van der Waals surface area (Å²) in [4.78, 5) is 32.2. The molecule has 1 unspecified atom stereocenters. The number of thiophene rings is 1. The van der Waals surface area contributed by atoms with Crippen LogP contribution < -0.4 is 11.5 Å². The molecule has 1 aromatic carbocycles. The average Bonchev–Trinajstić information content (AvgIpc) is 3.37. The number of ether oxygens (including phenoxy) is 1. The van der Waals surface area contributed by atoms with Crippen molar-refractivity contribution in [3.05, 3.63) is 58.1 Å². The summed E-state index contributed by atoms with van der Waals surface area (Å²) in [5.41, 5.74) is 15.0. The number of amides is 2. The number of anilines is 1. The number of carbonyl (C=O) groups is 2. The van der Waals surface area contributed by atoms with E-state index < -0.39 is 11.5 Å². The first-order valence-corrected chi connectivity index (χ1v) is 12.0. The third-order valence-corrected chi connectivity index (χ3v) is 6.91. The van der Waals surface area contributed by atoms with Crippen LogP contribution in [-0.2, 0) is 17.6 Å². The average molecular weight is 467 g/mol. The number of nitrogens with two attached hydrogens (primary N) is 2. The van der Waals surface area contributed by atoms with Gasteiger partial charge >= 0.3 is 6.09 Å². The standard InChI is InChI=1S/C25H30N4O3S/c1-25(2,3)32-24(31)29-12-11-16(14-29)18-13-17(10-9-15-7-5-4-6-8-15)28-23-19(18)20(26)21(33-23)22(27)30/h4-8,13,16H,9-12,14,26H2,1-3H3,(H2,27,30). The van der Waals surface area contributed by atoms with Gasteiger partial charge in [-0.25, -0.2) is 9.78 Å². The van der Waals surface area contributed by atoms with Crippen molar-refractivity contribution in [3.63, 3.8) is 0 Å². The summed E-state index contributed by atoms with van der Waals surface area (Å²) in [7, 11) is 0. The minimum Gasteiger partial charge on any atom is -0.444 e. The summed E-state index contributed by atoms with van der Waals surface area (Å²) in [5.74, 6) is -0.467. The highest BCUT2D eigenvalue weighted by Crippen LogP contribution is 2.40. The smallest absolute Gasteiger partial charge is 0.410 e. The molecule has 174 valence electrons. The van der Waals surface area contributed by atoms with Gasteiger partial charge in [0.25, 0.3) is 5.91 Å². The Labute approximate surface area is 197 Å². The molecule has 7 nitrogen and oxygen atoms in total. The van der Waals surface area contributed by atoms with Crippen molar-refractivity contribution in [1.29, 1.82) is 0 Å². The Bertz CT molecular complexity index is 1180. The number of rotatable bonds is 5. The number of likely N-dealkylation sites (tertiary alicyclic amines) is 1. The lowest BCUT2D eigenvalue weighted by Gasteiger charge is -2.24. The van der Waals surface area contributed by atoms with E-state index in [0.717, 1.165) is 40.7 Å². The van der Waals surface area contributed by atoms with Gasteiger partial charge in [0.15, 0.2) is 0 Å². The SMILES string of the molecule is CC(C)(C)OC(=O)N1CCC(c2cc(CCc3ccccc3)nc3sc(C(N)=O)c(N)c23)C1. The molecular formula is C25H30N4O3S. The molecule has 2 amide bonds. The lowest BCUT2D eigenvalue weighted by atomic mass is 9.94. The molecule has 1 aliphatic rings. The fourth-order valence-electron chi connectivity index (χ4n) is 4.26. The van der Waals surface area contributed by atoms with E-state index in [1.54, 1.807) is 4.90 Å². The number of pyridine rings is 1. The summed E-state index contributed by atoms with van der Waals surface area (Å²) in [6, 6.07) is 12.3. The number of hydrogen-bond donors (Lipinski definition) is 2. The second kappa shape index (κ2) is 9.02. The molecule has 1 atom stereocenters. The quantitative estimate of drug-likeness (QED) is 0.575. The Morgan fingerprint density at radius 1 is 1.21 bits per heavy atom. The maximum atomic E-state index is 12.6. The third-order valence-electron chi connectivity index (χ3n) is 5.80. The predicted molar refractivity (Wildman–Crippen MR) is 132 cm³/mol. The van der Waals surface area contributed by atoms with Gasteiger partial charge in [-0.15, -0.1) is 11.3 Å². The van der Waals surface area contributed by atoms with Gasteiger partial charge in [0.1, 0.15) is 15.3 Å². The summed E-state index contributed by atoms with van der Waals surface area (Å²) in [5, 5.41) is 0.785. The Kier molecular flexibility index (Phi) is 6.30. The zero-order valence-electron chi connectivity index (χ0n) is 19.3. The minimum atomic E-state index is -0.547. The molecule has 1 fully saturated rings. The third kappa shape index (κ3) is 5.11. The molecule has 3 heterocycles. The van der Waals surface area contributed by atoms with Gasteiger partial charge in [0, 0.05) is 30.1 Å². The molecule has 0 aliphatic carbocycles. The van der Waals surface area contributed by atoms with Crippen LogP contribution in [0.2, 0.25) is 0 Å². The van der Waals surface area contributed by atoms with E-state index in [-0.39, 0.29) is 12.0 Å².